The lowest BCUT2D eigenvalue weighted by Crippen LogP contribution is -2.09. The Labute approximate surface area is 104 Å². The number of thiazole rings is 1. The molecular formula is C11H6F3N3S. The molecule has 3 rings (SSSR count). The minimum atomic E-state index is -4.42. The van der Waals surface area contributed by atoms with E-state index in [2.05, 4.69) is 9.97 Å². The molecular weight excluding hydrogens is 263 g/mol. The largest absolute Gasteiger partial charge is 0.433 e. The van der Waals surface area contributed by atoms with E-state index in [0.29, 0.717) is 10.5 Å². The molecule has 0 radical (unpaired) electrons. The molecule has 0 saturated heterocycles. The van der Waals surface area contributed by atoms with Crippen molar-refractivity contribution >= 4 is 16.3 Å². The molecule has 0 aromatic carbocycles. The van der Waals surface area contributed by atoms with Gasteiger partial charge in [0, 0.05) is 24.8 Å². The summed E-state index contributed by atoms with van der Waals surface area (Å²) >= 11 is 1.01. The average molecular weight is 269 g/mol. The maximum atomic E-state index is 13.1. The van der Waals surface area contributed by atoms with Crippen molar-refractivity contribution < 1.29 is 13.2 Å². The summed E-state index contributed by atoms with van der Waals surface area (Å²) in [7, 11) is 0. The molecule has 0 saturated carbocycles. The SMILES string of the molecule is FC(F)(F)c1c(-c2ccncc2)sc2nccn12. The molecule has 0 N–H and O–H groups in total. The van der Waals surface area contributed by atoms with Crippen LogP contribution in [0.25, 0.3) is 15.4 Å². The van der Waals surface area contributed by atoms with Crippen molar-refractivity contribution in [2.75, 3.05) is 0 Å². The second-order valence-corrected chi connectivity index (χ2v) is 4.57. The van der Waals surface area contributed by atoms with Crippen LogP contribution in [0.2, 0.25) is 0 Å². The first kappa shape index (κ1) is 11.2. The standard InChI is InChI=1S/C11H6F3N3S/c12-11(13,14)9-8(7-1-3-15-4-2-7)18-10-16-5-6-17(9)10/h1-6H. The zero-order valence-corrected chi connectivity index (χ0v) is 9.66. The zero-order chi connectivity index (χ0) is 12.8. The topological polar surface area (TPSA) is 30.2 Å². The molecule has 0 aliphatic rings. The van der Waals surface area contributed by atoms with Crippen molar-refractivity contribution in [1.82, 2.24) is 14.4 Å². The molecule has 0 amide bonds. The second-order valence-electron chi connectivity index (χ2n) is 3.59. The van der Waals surface area contributed by atoms with E-state index >= 15 is 0 Å². The van der Waals surface area contributed by atoms with Crippen LogP contribution in [-0.4, -0.2) is 14.4 Å². The van der Waals surface area contributed by atoms with Gasteiger partial charge in [-0.1, -0.05) is 11.3 Å². The first-order valence-electron chi connectivity index (χ1n) is 5.01. The van der Waals surface area contributed by atoms with E-state index in [-0.39, 0.29) is 4.88 Å². The minimum Gasteiger partial charge on any atom is -0.286 e. The number of pyridine rings is 1. The number of rotatable bonds is 1. The molecule has 0 atom stereocenters. The Morgan fingerprint density at radius 3 is 2.50 bits per heavy atom. The summed E-state index contributed by atoms with van der Waals surface area (Å²) in [5.74, 6) is 0. The minimum absolute atomic E-state index is 0.160. The molecule has 3 nitrogen and oxygen atoms in total. The van der Waals surface area contributed by atoms with E-state index in [0.717, 1.165) is 15.7 Å². The van der Waals surface area contributed by atoms with Crippen LogP contribution in [0.3, 0.4) is 0 Å². The van der Waals surface area contributed by atoms with Gasteiger partial charge in [-0.15, -0.1) is 0 Å². The van der Waals surface area contributed by atoms with Crippen LogP contribution in [0.15, 0.2) is 36.9 Å². The number of nitrogens with zero attached hydrogens (tertiary/aromatic N) is 3. The van der Waals surface area contributed by atoms with Gasteiger partial charge in [0.1, 0.15) is 5.69 Å². The Hall–Kier alpha value is -1.89. The van der Waals surface area contributed by atoms with E-state index in [4.69, 9.17) is 0 Å². The first-order valence-corrected chi connectivity index (χ1v) is 5.82. The third-order valence-electron chi connectivity index (χ3n) is 2.47. The molecule has 3 heterocycles. The highest BCUT2D eigenvalue weighted by molar-refractivity contribution is 7.20. The predicted molar refractivity (Wildman–Crippen MR) is 61.3 cm³/mol. The summed E-state index contributed by atoms with van der Waals surface area (Å²) in [6.45, 7) is 0. The summed E-state index contributed by atoms with van der Waals surface area (Å²) in [6.07, 6.45) is 1.20. The number of hydrogen-bond acceptors (Lipinski definition) is 3. The van der Waals surface area contributed by atoms with Crippen molar-refractivity contribution in [1.29, 1.82) is 0 Å². The Bertz CT molecular complexity index is 684. The maximum absolute atomic E-state index is 13.1. The molecule has 3 aromatic rings. The van der Waals surface area contributed by atoms with Gasteiger partial charge in [-0.2, -0.15) is 13.2 Å². The third-order valence-corrected chi connectivity index (χ3v) is 3.58. The first-order chi connectivity index (χ1) is 8.57. The van der Waals surface area contributed by atoms with Gasteiger partial charge in [0.05, 0.1) is 4.88 Å². The summed E-state index contributed by atoms with van der Waals surface area (Å²) in [5.41, 5.74) is -0.195. The molecule has 0 aliphatic heterocycles. The molecule has 0 bridgehead atoms. The monoisotopic (exact) mass is 269 g/mol. The molecule has 0 fully saturated rings. The summed E-state index contributed by atoms with van der Waals surface area (Å²) < 4.78 is 40.4. The van der Waals surface area contributed by atoms with E-state index in [1.807, 2.05) is 0 Å². The fraction of sp³-hybridized carbons (Fsp3) is 0.0909. The molecule has 0 unspecified atom stereocenters. The summed E-state index contributed by atoms with van der Waals surface area (Å²) in [6, 6.07) is 3.11. The van der Waals surface area contributed by atoms with E-state index < -0.39 is 11.9 Å². The van der Waals surface area contributed by atoms with Crippen LogP contribution in [0.1, 0.15) is 5.69 Å². The van der Waals surface area contributed by atoms with Crippen molar-refractivity contribution in [2.24, 2.45) is 0 Å². The van der Waals surface area contributed by atoms with E-state index in [1.54, 1.807) is 12.1 Å². The Balaban J connectivity index is 2.32. The fourth-order valence-corrected chi connectivity index (χ4v) is 2.86. The normalized spacial score (nSPS) is 12.2. The number of halogens is 3. The number of alkyl halides is 3. The van der Waals surface area contributed by atoms with Gasteiger partial charge < -0.3 is 0 Å². The highest BCUT2D eigenvalue weighted by Crippen LogP contribution is 2.41. The molecule has 18 heavy (non-hydrogen) atoms. The van der Waals surface area contributed by atoms with Gasteiger partial charge in [0.25, 0.3) is 0 Å². The number of imidazole rings is 1. The van der Waals surface area contributed by atoms with E-state index in [9.17, 15) is 13.2 Å². The Morgan fingerprint density at radius 2 is 1.83 bits per heavy atom. The molecule has 0 aliphatic carbocycles. The van der Waals surface area contributed by atoms with E-state index in [1.165, 1.54) is 24.8 Å². The lowest BCUT2D eigenvalue weighted by Gasteiger charge is -2.08. The van der Waals surface area contributed by atoms with Gasteiger partial charge in [0.15, 0.2) is 4.96 Å². The smallest absolute Gasteiger partial charge is 0.286 e. The predicted octanol–water partition coefficient (Wildman–Crippen LogP) is 3.48. The van der Waals surface area contributed by atoms with Gasteiger partial charge in [0.2, 0.25) is 0 Å². The van der Waals surface area contributed by atoms with Gasteiger partial charge in [-0.25, -0.2) is 4.98 Å². The lowest BCUT2D eigenvalue weighted by atomic mass is 10.2. The summed E-state index contributed by atoms with van der Waals surface area (Å²) in [5, 5.41) is 0. The fourth-order valence-electron chi connectivity index (χ4n) is 1.75. The molecule has 3 aromatic heterocycles. The Morgan fingerprint density at radius 1 is 1.11 bits per heavy atom. The number of fused-ring (bicyclic) bond motifs is 1. The van der Waals surface area contributed by atoms with Crippen molar-refractivity contribution in [2.45, 2.75) is 6.18 Å². The Kier molecular flexibility index (Phi) is 2.37. The zero-order valence-electron chi connectivity index (χ0n) is 8.85. The van der Waals surface area contributed by atoms with Crippen LogP contribution < -0.4 is 0 Å². The van der Waals surface area contributed by atoms with Gasteiger partial charge >= 0.3 is 6.18 Å². The van der Waals surface area contributed by atoms with Crippen molar-refractivity contribution in [3.63, 3.8) is 0 Å². The van der Waals surface area contributed by atoms with Crippen LogP contribution in [0.5, 0.6) is 0 Å². The van der Waals surface area contributed by atoms with Gasteiger partial charge in [-0.3, -0.25) is 9.38 Å². The third kappa shape index (κ3) is 1.67. The van der Waals surface area contributed by atoms with Crippen LogP contribution in [0.4, 0.5) is 13.2 Å². The van der Waals surface area contributed by atoms with Gasteiger partial charge in [-0.05, 0) is 17.7 Å². The average Bonchev–Trinajstić information content (AvgIpc) is 2.87. The summed E-state index contributed by atoms with van der Waals surface area (Å²) in [4.78, 5) is 8.20. The molecule has 0 spiro atoms. The van der Waals surface area contributed by atoms with Crippen LogP contribution >= 0.6 is 11.3 Å². The second kappa shape index (κ2) is 3.81. The van der Waals surface area contributed by atoms with Crippen LogP contribution in [0, 0.1) is 0 Å². The molecule has 92 valence electrons. The number of hydrogen-bond donors (Lipinski definition) is 0. The quantitative estimate of drug-likeness (QED) is 0.677. The van der Waals surface area contributed by atoms with Crippen molar-refractivity contribution in [3.05, 3.63) is 42.6 Å². The highest BCUT2D eigenvalue weighted by Gasteiger charge is 2.38. The number of aromatic nitrogens is 3. The highest BCUT2D eigenvalue weighted by atomic mass is 32.1. The molecule has 7 heteroatoms. The van der Waals surface area contributed by atoms with Crippen LogP contribution in [-0.2, 0) is 6.18 Å². The van der Waals surface area contributed by atoms with Crippen molar-refractivity contribution in [3.8, 4) is 10.4 Å². The maximum Gasteiger partial charge on any atom is 0.433 e. The lowest BCUT2D eigenvalue weighted by molar-refractivity contribution is -0.141.